The average Bonchev–Trinajstić information content (AvgIpc) is 2.04. The molecule has 0 spiro atoms. The molecule has 0 aromatic carbocycles. The molecule has 0 atom stereocenters. The van der Waals surface area contributed by atoms with Crippen LogP contribution in [0.4, 0.5) is 0 Å². The van der Waals surface area contributed by atoms with E-state index < -0.39 is 0 Å². The van der Waals surface area contributed by atoms with Crippen molar-refractivity contribution in [3.63, 3.8) is 0 Å². The molecule has 2 heteroatoms. The molecule has 0 unspecified atom stereocenters. The first-order valence-electron chi connectivity index (χ1n) is 4.23. The SMILES string of the molecule is Bc1nccc(CC)c1CC. The third-order valence-electron chi connectivity index (χ3n) is 2.10. The number of hydrogen-bond donors (Lipinski definition) is 0. The largest absolute Gasteiger partial charge is 0.272 e. The van der Waals surface area contributed by atoms with Gasteiger partial charge in [-0.2, -0.15) is 0 Å². The van der Waals surface area contributed by atoms with Gasteiger partial charge in [-0.25, -0.2) is 0 Å². The van der Waals surface area contributed by atoms with Gasteiger partial charge in [-0.1, -0.05) is 13.8 Å². The third-order valence-corrected chi connectivity index (χ3v) is 2.10. The second-order valence-electron chi connectivity index (χ2n) is 2.74. The van der Waals surface area contributed by atoms with Gasteiger partial charge in [0.1, 0.15) is 0 Å². The zero-order chi connectivity index (χ0) is 8.27. The van der Waals surface area contributed by atoms with Crippen LogP contribution in [0.5, 0.6) is 0 Å². The van der Waals surface area contributed by atoms with Gasteiger partial charge < -0.3 is 0 Å². The fraction of sp³-hybridized carbons (Fsp3) is 0.444. The number of nitrogens with zero attached hydrogens (tertiary/aromatic N) is 1. The molecule has 1 aromatic heterocycles. The van der Waals surface area contributed by atoms with Gasteiger partial charge in [-0.05, 0) is 35.6 Å². The topological polar surface area (TPSA) is 12.9 Å². The molecule has 0 aliphatic carbocycles. The molecule has 1 aromatic rings. The zero-order valence-corrected chi connectivity index (χ0v) is 7.52. The van der Waals surface area contributed by atoms with Crippen LogP contribution in [0, 0.1) is 0 Å². The Morgan fingerprint density at radius 3 is 2.55 bits per heavy atom. The molecule has 0 aliphatic heterocycles. The normalized spacial score (nSPS) is 10.0. The first kappa shape index (κ1) is 8.31. The molecule has 0 radical (unpaired) electrons. The number of pyridine rings is 1. The van der Waals surface area contributed by atoms with E-state index in [1.165, 1.54) is 16.7 Å². The number of aromatic nitrogens is 1. The van der Waals surface area contributed by atoms with Crippen LogP contribution in [0.25, 0.3) is 0 Å². The standard InChI is InChI=1S/C9H14BN/c1-3-7-5-6-11-9(10)8(7)4-2/h5-6H,3-4,10H2,1-2H3. The van der Waals surface area contributed by atoms with Gasteiger partial charge in [-0.15, -0.1) is 0 Å². The molecule has 58 valence electrons. The molecular formula is C9H14BN. The summed E-state index contributed by atoms with van der Waals surface area (Å²) in [6, 6.07) is 2.12. The summed E-state index contributed by atoms with van der Waals surface area (Å²) in [5.74, 6) is 0. The van der Waals surface area contributed by atoms with Gasteiger partial charge in [-0.3, -0.25) is 4.98 Å². The van der Waals surface area contributed by atoms with Crippen LogP contribution in [-0.2, 0) is 12.8 Å². The summed E-state index contributed by atoms with van der Waals surface area (Å²) < 4.78 is 0. The maximum atomic E-state index is 4.26. The van der Waals surface area contributed by atoms with Crippen LogP contribution >= 0.6 is 0 Å². The number of rotatable bonds is 2. The molecule has 0 bridgehead atoms. The summed E-state index contributed by atoms with van der Waals surface area (Å²) in [6.07, 6.45) is 4.11. The first-order chi connectivity index (χ1) is 5.29. The van der Waals surface area contributed by atoms with E-state index in [2.05, 4.69) is 32.7 Å². The van der Waals surface area contributed by atoms with Gasteiger partial charge in [0.2, 0.25) is 0 Å². The summed E-state index contributed by atoms with van der Waals surface area (Å²) in [5.41, 5.74) is 4.06. The third kappa shape index (κ3) is 1.62. The number of hydrogen-bond acceptors (Lipinski definition) is 1. The Morgan fingerprint density at radius 1 is 1.36 bits per heavy atom. The monoisotopic (exact) mass is 147 g/mol. The highest BCUT2D eigenvalue weighted by Gasteiger charge is 2.00. The minimum atomic E-state index is 1.10. The predicted molar refractivity (Wildman–Crippen MR) is 51.2 cm³/mol. The van der Waals surface area contributed by atoms with Crippen molar-refractivity contribution in [3.8, 4) is 0 Å². The predicted octanol–water partition coefficient (Wildman–Crippen LogP) is 0.465. The second-order valence-corrected chi connectivity index (χ2v) is 2.74. The van der Waals surface area contributed by atoms with Crippen molar-refractivity contribution in [2.75, 3.05) is 0 Å². The maximum absolute atomic E-state index is 4.26. The quantitative estimate of drug-likeness (QED) is 0.554. The highest BCUT2D eigenvalue weighted by Crippen LogP contribution is 2.05. The van der Waals surface area contributed by atoms with Crippen molar-refractivity contribution in [1.29, 1.82) is 0 Å². The van der Waals surface area contributed by atoms with Gasteiger partial charge in [0.05, 0.1) is 0 Å². The molecular weight excluding hydrogens is 133 g/mol. The van der Waals surface area contributed by atoms with Crippen LogP contribution < -0.4 is 5.59 Å². The van der Waals surface area contributed by atoms with E-state index in [-0.39, 0.29) is 0 Å². The Hall–Kier alpha value is -0.785. The van der Waals surface area contributed by atoms with Gasteiger partial charge in [0.25, 0.3) is 0 Å². The fourth-order valence-corrected chi connectivity index (χ4v) is 1.46. The fourth-order valence-electron chi connectivity index (χ4n) is 1.46. The summed E-state index contributed by atoms with van der Waals surface area (Å²) in [4.78, 5) is 4.26. The Bertz CT molecular complexity index is 245. The zero-order valence-electron chi connectivity index (χ0n) is 7.52. The van der Waals surface area contributed by atoms with Crippen molar-refractivity contribution < 1.29 is 0 Å². The minimum Gasteiger partial charge on any atom is -0.272 e. The lowest BCUT2D eigenvalue weighted by atomic mass is 9.91. The number of aryl methyl sites for hydroxylation is 1. The van der Waals surface area contributed by atoms with E-state index in [9.17, 15) is 0 Å². The highest BCUT2D eigenvalue weighted by atomic mass is 14.6. The van der Waals surface area contributed by atoms with E-state index in [0.29, 0.717) is 0 Å². The van der Waals surface area contributed by atoms with Crippen molar-refractivity contribution >= 4 is 13.4 Å². The van der Waals surface area contributed by atoms with E-state index in [0.717, 1.165) is 12.8 Å². The highest BCUT2D eigenvalue weighted by molar-refractivity contribution is 6.31. The minimum absolute atomic E-state index is 1.10. The van der Waals surface area contributed by atoms with E-state index in [4.69, 9.17) is 0 Å². The molecule has 0 saturated heterocycles. The molecule has 1 nitrogen and oxygen atoms in total. The summed E-state index contributed by atoms with van der Waals surface area (Å²) in [6.45, 7) is 4.37. The molecule has 1 rings (SSSR count). The Kier molecular flexibility index (Phi) is 2.69. The molecule has 0 amide bonds. The second kappa shape index (κ2) is 3.56. The van der Waals surface area contributed by atoms with Crippen LogP contribution in [0.15, 0.2) is 12.3 Å². The first-order valence-corrected chi connectivity index (χ1v) is 4.23. The summed E-state index contributed by atoms with van der Waals surface area (Å²) in [5, 5.41) is 0. The van der Waals surface area contributed by atoms with Crippen molar-refractivity contribution in [2.45, 2.75) is 26.7 Å². The maximum Gasteiger partial charge on any atom is 0.164 e. The summed E-state index contributed by atoms with van der Waals surface area (Å²) in [7, 11) is 2.08. The molecule has 0 saturated carbocycles. The van der Waals surface area contributed by atoms with Crippen LogP contribution in [-0.4, -0.2) is 12.8 Å². The van der Waals surface area contributed by atoms with Crippen molar-refractivity contribution in [2.24, 2.45) is 0 Å². The molecule has 0 aliphatic rings. The molecule has 0 fully saturated rings. The van der Waals surface area contributed by atoms with Crippen molar-refractivity contribution in [1.82, 2.24) is 4.98 Å². The Balaban J connectivity index is 3.13. The van der Waals surface area contributed by atoms with E-state index in [1.807, 2.05) is 6.20 Å². The van der Waals surface area contributed by atoms with Crippen LogP contribution in [0.3, 0.4) is 0 Å². The average molecular weight is 147 g/mol. The Labute approximate surface area is 69.3 Å². The molecule has 1 heterocycles. The van der Waals surface area contributed by atoms with Crippen LogP contribution in [0.2, 0.25) is 0 Å². The van der Waals surface area contributed by atoms with E-state index in [1.54, 1.807) is 0 Å². The lowest BCUT2D eigenvalue weighted by Crippen LogP contribution is -2.16. The van der Waals surface area contributed by atoms with Crippen LogP contribution in [0.1, 0.15) is 25.0 Å². The lowest BCUT2D eigenvalue weighted by Gasteiger charge is -2.07. The Morgan fingerprint density at radius 2 is 2.09 bits per heavy atom. The lowest BCUT2D eigenvalue weighted by molar-refractivity contribution is 1.03. The van der Waals surface area contributed by atoms with Gasteiger partial charge in [0, 0.05) is 6.20 Å². The molecule has 11 heavy (non-hydrogen) atoms. The van der Waals surface area contributed by atoms with Gasteiger partial charge >= 0.3 is 0 Å². The molecule has 0 N–H and O–H groups in total. The smallest absolute Gasteiger partial charge is 0.164 e. The van der Waals surface area contributed by atoms with E-state index >= 15 is 0 Å². The van der Waals surface area contributed by atoms with Gasteiger partial charge in [0.15, 0.2) is 7.85 Å². The van der Waals surface area contributed by atoms with Crippen molar-refractivity contribution in [3.05, 3.63) is 23.4 Å². The summed E-state index contributed by atoms with van der Waals surface area (Å²) >= 11 is 0.